The second-order valence-corrected chi connectivity index (χ2v) is 6.50. The second kappa shape index (κ2) is 9.04. The maximum Gasteiger partial charge on any atom is 0.253 e. The third kappa shape index (κ3) is 4.71. The summed E-state index contributed by atoms with van der Waals surface area (Å²) in [6.07, 6.45) is 3.93. The van der Waals surface area contributed by atoms with Gasteiger partial charge in [0.1, 0.15) is 0 Å². The van der Waals surface area contributed by atoms with Crippen LogP contribution in [0.1, 0.15) is 36.0 Å². The maximum atomic E-state index is 12.4. The third-order valence-corrected chi connectivity index (χ3v) is 4.86. The summed E-state index contributed by atoms with van der Waals surface area (Å²) in [6, 6.07) is 9.44. The monoisotopic (exact) mass is 351 g/mol. The molecule has 24 heavy (non-hydrogen) atoms. The molecule has 2 saturated heterocycles. The minimum absolute atomic E-state index is 0. The van der Waals surface area contributed by atoms with Gasteiger partial charge in [-0.05, 0) is 50.3 Å². The number of halogens is 1. The van der Waals surface area contributed by atoms with E-state index in [2.05, 4.69) is 10.6 Å². The van der Waals surface area contributed by atoms with Crippen LogP contribution in [0, 0.1) is 5.92 Å². The Morgan fingerprint density at radius 1 is 1.12 bits per heavy atom. The topological polar surface area (TPSA) is 61.4 Å². The zero-order valence-corrected chi connectivity index (χ0v) is 14.7. The molecule has 2 N–H and O–H groups in total. The Labute approximate surface area is 149 Å². The van der Waals surface area contributed by atoms with Crippen molar-refractivity contribution in [2.24, 2.45) is 5.92 Å². The average molecular weight is 352 g/mol. The number of amides is 2. The molecule has 2 aliphatic rings. The number of hydrogen-bond acceptors (Lipinski definition) is 3. The highest BCUT2D eigenvalue weighted by Crippen LogP contribution is 2.18. The van der Waals surface area contributed by atoms with Gasteiger partial charge in [-0.1, -0.05) is 18.2 Å². The molecule has 0 radical (unpaired) electrons. The first kappa shape index (κ1) is 18.7. The van der Waals surface area contributed by atoms with Gasteiger partial charge < -0.3 is 15.5 Å². The lowest BCUT2D eigenvalue weighted by molar-refractivity contribution is -0.123. The van der Waals surface area contributed by atoms with E-state index in [-0.39, 0.29) is 30.3 Å². The molecule has 2 fully saturated rings. The van der Waals surface area contributed by atoms with Crippen LogP contribution in [0.2, 0.25) is 0 Å². The van der Waals surface area contributed by atoms with Crippen LogP contribution < -0.4 is 10.6 Å². The minimum atomic E-state index is -0.00486. The molecule has 2 heterocycles. The van der Waals surface area contributed by atoms with Crippen molar-refractivity contribution in [2.45, 2.75) is 31.7 Å². The van der Waals surface area contributed by atoms with Crippen LogP contribution in [-0.2, 0) is 4.79 Å². The number of carbonyl (C=O) groups excluding carboxylic acids is 2. The van der Waals surface area contributed by atoms with Crippen LogP contribution in [0.15, 0.2) is 30.3 Å². The van der Waals surface area contributed by atoms with E-state index in [1.165, 1.54) is 0 Å². The van der Waals surface area contributed by atoms with Crippen LogP contribution in [0.5, 0.6) is 0 Å². The molecule has 1 unspecified atom stereocenters. The van der Waals surface area contributed by atoms with Gasteiger partial charge in [0, 0.05) is 25.2 Å². The number of nitrogens with one attached hydrogen (secondary N) is 2. The van der Waals surface area contributed by atoms with E-state index in [4.69, 9.17) is 0 Å². The fourth-order valence-corrected chi connectivity index (χ4v) is 3.38. The average Bonchev–Trinajstić information content (AvgIpc) is 3.15. The van der Waals surface area contributed by atoms with E-state index in [0.29, 0.717) is 5.92 Å². The van der Waals surface area contributed by atoms with Gasteiger partial charge in [-0.25, -0.2) is 0 Å². The first-order chi connectivity index (χ1) is 11.2. The van der Waals surface area contributed by atoms with Gasteiger partial charge in [0.05, 0.1) is 6.04 Å². The molecule has 0 saturated carbocycles. The molecule has 132 valence electrons. The Bertz CT molecular complexity index is 538. The summed E-state index contributed by atoms with van der Waals surface area (Å²) in [5.41, 5.74) is 0.756. The fourth-order valence-electron chi connectivity index (χ4n) is 3.38. The van der Waals surface area contributed by atoms with Crippen molar-refractivity contribution < 1.29 is 9.59 Å². The van der Waals surface area contributed by atoms with E-state index >= 15 is 0 Å². The number of piperidine rings is 1. The number of hydrogen-bond donors (Lipinski definition) is 2. The molecule has 2 aliphatic heterocycles. The quantitative estimate of drug-likeness (QED) is 0.870. The zero-order valence-electron chi connectivity index (χ0n) is 13.9. The van der Waals surface area contributed by atoms with Crippen molar-refractivity contribution in [3.63, 3.8) is 0 Å². The van der Waals surface area contributed by atoms with E-state index in [1.54, 1.807) is 0 Å². The molecule has 3 rings (SSSR count). The van der Waals surface area contributed by atoms with E-state index in [9.17, 15) is 9.59 Å². The lowest BCUT2D eigenvalue weighted by Crippen LogP contribution is -2.45. The van der Waals surface area contributed by atoms with Crippen LogP contribution in [0.25, 0.3) is 0 Å². The normalized spacial score (nSPS) is 21.2. The third-order valence-electron chi connectivity index (χ3n) is 4.86. The molecule has 0 aliphatic carbocycles. The Balaban J connectivity index is 0.00000208. The highest BCUT2D eigenvalue weighted by atomic mass is 35.5. The largest absolute Gasteiger partial charge is 0.354 e. The summed E-state index contributed by atoms with van der Waals surface area (Å²) >= 11 is 0. The van der Waals surface area contributed by atoms with Gasteiger partial charge >= 0.3 is 0 Å². The highest BCUT2D eigenvalue weighted by molar-refractivity contribution is 5.94. The molecule has 5 nitrogen and oxygen atoms in total. The van der Waals surface area contributed by atoms with Crippen molar-refractivity contribution in [3.05, 3.63) is 35.9 Å². The Morgan fingerprint density at radius 2 is 1.83 bits per heavy atom. The van der Waals surface area contributed by atoms with Crippen LogP contribution in [0.3, 0.4) is 0 Å². The van der Waals surface area contributed by atoms with E-state index in [0.717, 1.165) is 57.4 Å². The lowest BCUT2D eigenvalue weighted by atomic mass is 9.96. The van der Waals surface area contributed by atoms with Gasteiger partial charge in [-0.15, -0.1) is 12.4 Å². The van der Waals surface area contributed by atoms with Crippen LogP contribution in [0.4, 0.5) is 0 Å². The smallest absolute Gasteiger partial charge is 0.253 e. The number of rotatable bonds is 4. The lowest BCUT2D eigenvalue weighted by Gasteiger charge is -2.32. The number of carbonyl (C=O) groups is 2. The highest BCUT2D eigenvalue weighted by Gasteiger charge is 2.26. The molecule has 1 aromatic rings. The summed E-state index contributed by atoms with van der Waals surface area (Å²) in [6.45, 7) is 3.22. The Kier molecular flexibility index (Phi) is 7.06. The predicted octanol–water partition coefficient (Wildman–Crippen LogP) is 1.83. The standard InChI is InChI=1S/C18H25N3O2.ClH/c22-17(16-7-4-10-19-16)20-13-14-8-11-21(12-9-14)18(23)15-5-2-1-3-6-15;/h1-3,5-6,14,16,19H,4,7-13H2,(H,20,22);1H. The predicted molar refractivity (Wildman–Crippen MR) is 96.4 cm³/mol. The van der Waals surface area contributed by atoms with Crippen molar-refractivity contribution in [3.8, 4) is 0 Å². The summed E-state index contributed by atoms with van der Waals surface area (Å²) in [7, 11) is 0. The molecule has 0 spiro atoms. The second-order valence-electron chi connectivity index (χ2n) is 6.50. The summed E-state index contributed by atoms with van der Waals surface area (Å²) in [5, 5.41) is 6.28. The van der Waals surface area contributed by atoms with Crippen LogP contribution >= 0.6 is 12.4 Å². The SMILES string of the molecule is Cl.O=C(NCC1CCN(C(=O)c2ccccc2)CC1)C1CCCN1. The Morgan fingerprint density at radius 3 is 2.46 bits per heavy atom. The molecule has 6 heteroatoms. The van der Waals surface area contributed by atoms with Crippen LogP contribution in [-0.4, -0.2) is 48.9 Å². The summed E-state index contributed by atoms with van der Waals surface area (Å²) in [5.74, 6) is 0.716. The van der Waals surface area contributed by atoms with Crippen molar-refractivity contribution in [1.82, 2.24) is 15.5 Å². The van der Waals surface area contributed by atoms with E-state index in [1.807, 2.05) is 35.2 Å². The molecule has 0 aromatic heterocycles. The van der Waals surface area contributed by atoms with Crippen molar-refractivity contribution in [1.29, 1.82) is 0 Å². The number of likely N-dealkylation sites (tertiary alicyclic amines) is 1. The van der Waals surface area contributed by atoms with Crippen molar-refractivity contribution >= 4 is 24.2 Å². The van der Waals surface area contributed by atoms with Gasteiger partial charge in [0.15, 0.2) is 0 Å². The molecular formula is C18H26ClN3O2. The number of benzene rings is 1. The molecule has 0 bridgehead atoms. The van der Waals surface area contributed by atoms with Gasteiger partial charge in [0.25, 0.3) is 5.91 Å². The van der Waals surface area contributed by atoms with Gasteiger partial charge in [-0.3, -0.25) is 9.59 Å². The molecule has 1 aromatic carbocycles. The number of nitrogens with zero attached hydrogens (tertiary/aromatic N) is 1. The summed E-state index contributed by atoms with van der Waals surface area (Å²) in [4.78, 5) is 26.3. The minimum Gasteiger partial charge on any atom is -0.354 e. The first-order valence-electron chi connectivity index (χ1n) is 8.59. The molecule has 1 atom stereocenters. The fraction of sp³-hybridized carbons (Fsp3) is 0.556. The summed E-state index contributed by atoms with van der Waals surface area (Å²) < 4.78 is 0. The van der Waals surface area contributed by atoms with E-state index < -0.39 is 0 Å². The molecular weight excluding hydrogens is 326 g/mol. The Hall–Kier alpha value is -1.59. The first-order valence-corrected chi connectivity index (χ1v) is 8.59. The maximum absolute atomic E-state index is 12.4. The molecule has 2 amide bonds. The van der Waals surface area contributed by atoms with Gasteiger partial charge in [0.2, 0.25) is 5.91 Å². The zero-order chi connectivity index (χ0) is 16.1. The van der Waals surface area contributed by atoms with Crippen molar-refractivity contribution in [2.75, 3.05) is 26.2 Å². The van der Waals surface area contributed by atoms with Gasteiger partial charge in [-0.2, -0.15) is 0 Å².